The van der Waals surface area contributed by atoms with Crippen molar-refractivity contribution < 1.29 is 4.79 Å². The molecule has 0 heterocycles. The zero-order valence-electron chi connectivity index (χ0n) is 12.6. The van der Waals surface area contributed by atoms with Gasteiger partial charge in [-0.2, -0.15) is 5.10 Å². The van der Waals surface area contributed by atoms with Crippen molar-refractivity contribution in [3.05, 3.63) is 69.2 Å². The highest BCUT2D eigenvalue weighted by Gasteiger charge is 2.03. The molecule has 23 heavy (non-hydrogen) atoms. The lowest BCUT2D eigenvalue weighted by Crippen LogP contribution is -2.21. The first-order valence-electron chi connectivity index (χ1n) is 6.96. The summed E-state index contributed by atoms with van der Waals surface area (Å²) in [4.78, 5) is 11.8. The van der Waals surface area contributed by atoms with E-state index in [0.717, 1.165) is 27.1 Å². The summed E-state index contributed by atoms with van der Waals surface area (Å²) in [5.41, 5.74) is 5.47. The van der Waals surface area contributed by atoms with E-state index in [1.54, 1.807) is 0 Å². The van der Waals surface area contributed by atoms with E-state index in [9.17, 15) is 4.79 Å². The standard InChI is InChI=1S/C17H16BrClN2OS/c1-12(14-4-6-15(18)7-5-14)20-21-17(22)11-23-10-13-2-8-16(19)9-3-13/h2-9H,10-11H2,1H3,(H,21,22)/b20-12+. The minimum atomic E-state index is -0.111. The molecule has 0 saturated heterocycles. The predicted molar refractivity (Wildman–Crippen MR) is 102 cm³/mol. The molecule has 0 spiro atoms. The van der Waals surface area contributed by atoms with Crippen LogP contribution in [0.5, 0.6) is 0 Å². The van der Waals surface area contributed by atoms with E-state index in [-0.39, 0.29) is 5.91 Å². The number of thioether (sulfide) groups is 1. The second kappa shape index (κ2) is 9.11. The lowest BCUT2D eigenvalue weighted by atomic mass is 10.1. The molecule has 1 N–H and O–H groups in total. The van der Waals surface area contributed by atoms with Gasteiger partial charge in [-0.25, -0.2) is 5.43 Å². The van der Waals surface area contributed by atoms with Crippen molar-refractivity contribution >= 4 is 50.9 Å². The summed E-state index contributed by atoms with van der Waals surface area (Å²) < 4.78 is 1.01. The molecule has 6 heteroatoms. The maximum absolute atomic E-state index is 11.8. The SMILES string of the molecule is C/C(=N\NC(=O)CSCc1ccc(Cl)cc1)c1ccc(Br)cc1. The van der Waals surface area contributed by atoms with Crippen molar-refractivity contribution in [2.24, 2.45) is 5.10 Å². The first-order chi connectivity index (χ1) is 11.0. The van der Waals surface area contributed by atoms with Crippen LogP contribution in [0, 0.1) is 0 Å². The van der Waals surface area contributed by atoms with Gasteiger partial charge in [0.05, 0.1) is 11.5 Å². The number of hydrogen-bond acceptors (Lipinski definition) is 3. The van der Waals surface area contributed by atoms with Gasteiger partial charge < -0.3 is 0 Å². The molecule has 0 saturated carbocycles. The summed E-state index contributed by atoms with van der Waals surface area (Å²) in [6, 6.07) is 15.4. The third-order valence-corrected chi connectivity index (χ3v) is 4.81. The topological polar surface area (TPSA) is 41.5 Å². The molecule has 0 aliphatic heterocycles. The van der Waals surface area contributed by atoms with E-state index < -0.39 is 0 Å². The third kappa shape index (κ3) is 6.37. The quantitative estimate of drug-likeness (QED) is 0.544. The minimum Gasteiger partial charge on any atom is -0.272 e. The summed E-state index contributed by atoms with van der Waals surface area (Å²) in [7, 11) is 0. The van der Waals surface area contributed by atoms with E-state index >= 15 is 0 Å². The van der Waals surface area contributed by atoms with Crippen molar-refractivity contribution in [3.63, 3.8) is 0 Å². The van der Waals surface area contributed by atoms with E-state index in [1.807, 2.05) is 55.5 Å². The van der Waals surface area contributed by atoms with Gasteiger partial charge in [0.15, 0.2) is 0 Å². The fourth-order valence-corrected chi connectivity index (χ4v) is 2.95. The van der Waals surface area contributed by atoms with Gasteiger partial charge in [0.25, 0.3) is 0 Å². The Bertz CT molecular complexity index is 687. The van der Waals surface area contributed by atoms with Crippen molar-refractivity contribution in [1.82, 2.24) is 5.43 Å². The Morgan fingerprint density at radius 1 is 1.17 bits per heavy atom. The number of nitrogens with one attached hydrogen (secondary N) is 1. The molecule has 1 amide bonds. The number of carbonyl (C=O) groups excluding carboxylic acids is 1. The van der Waals surface area contributed by atoms with Gasteiger partial charge in [0.1, 0.15) is 0 Å². The molecule has 0 fully saturated rings. The highest BCUT2D eigenvalue weighted by Crippen LogP contribution is 2.15. The summed E-state index contributed by atoms with van der Waals surface area (Å²) in [6.45, 7) is 1.87. The number of hydrazone groups is 1. The smallest absolute Gasteiger partial charge is 0.250 e. The van der Waals surface area contributed by atoms with E-state index in [4.69, 9.17) is 11.6 Å². The fraction of sp³-hybridized carbons (Fsp3) is 0.176. The molecule has 0 aliphatic rings. The van der Waals surface area contributed by atoms with Crippen LogP contribution in [0.25, 0.3) is 0 Å². The summed E-state index contributed by atoms with van der Waals surface area (Å²) in [5.74, 6) is 1.01. The van der Waals surface area contributed by atoms with Gasteiger partial charge in [-0.15, -0.1) is 11.8 Å². The maximum atomic E-state index is 11.8. The average molecular weight is 412 g/mol. The number of nitrogens with zero attached hydrogens (tertiary/aromatic N) is 1. The molecule has 2 aromatic rings. The van der Waals surface area contributed by atoms with Gasteiger partial charge in [-0.3, -0.25) is 4.79 Å². The average Bonchev–Trinajstić information content (AvgIpc) is 2.55. The Balaban J connectivity index is 1.77. The highest BCUT2D eigenvalue weighted by atomic mass is 79.9. The molecule has 0 unspecified atom stereocenters. The van der Waals surface area contributed by atoms with Gasteiger partial charge in [0.2, 0.25) is 5.91 Å². The Labute approximate surface area is 153 Å². The predicted octanol–water partition coefficient (Wildman–Crippen LogP) is 4.88. The Hall–Kier alpha value is -1.30. The largest absolute Gasteiger partial charge is 0.272 e. The number of rotatable bonds is 6. The molecule has 120 valence electrons. The van der Waals surface area contributed by atoms with E-state index in [0.29, 0.717) is 10.8 Å². The Morgan fingerprint density at radius 2 is 1.83 bits per heavy atom. The number of hydrogen-bond donors (Lipinski definition) is 1. The van der Waals surface area contributed by atoms with Crippen LogP contribution in [0.3, 0.4) is 0 Å². The lowest BCUT2D eigenvalue weighted by molar-refractivity contribution is -0.118. The lowest BCUT2D eigenvalue weighted by Gasteiger charge is -2.04. The van der Waals surface area contributed by atoms with Crippen LogP contribution in [0.4, 0.5) is 0 Å². The normalized spacial score (nSPS) is 11.3. The van der Waals surface area contributed by atoms with Crippen LogP contribution in [0.1, 0.15) is 18.1 Å². The molecule has 0 aliphatic carbocycles. The van der Waals surface area contributed by atoms with Crippen LogP contribution < -0.4 is 5.43 Å². The fourth-order valence-electron chi connectivity index (χ4n) is 1.78. The number of carbonyl (C=O) groups is 1. The van der Waals surface area contributed by atoms with Crippen LogP contribution in [-0.4, -0.2) is 17.4 Å². The van der Waals surface area contributed by atoms with Crippen molar-refractivity contribution in [2.45, 2.75) is 12.7 Å². The molecular weight excluding hydrogens is 396 g/mol. The summed E-state index contributed by atoms with van der Waals surface area (Å²) in [6.07, 6.45) is 0. The molecule has 0 atom stereocenters. The molecule has 2 rings (SSSR count). The zero-order chi connectivity index (χ0) is 16.7. The van der Waals surface area contributed by atoms with Gasteiger partial charge in [-0.1, -0.05) is 51.8 Å². The van der Waals surface area contributed by atoms with Crippen LogP contribution in [0.2, 0.25) is 5.02 Å². The van der Waals surface area contributed by atoms with Crippen LogP contribution >= 0.6 is 39.3 Å². The van der Waals surface area contributed by atoms with E-state index in [1.165, 1.54) is 11.8 Å². The molecule has 0 aromatic heterocycles. The number of halogens is 2. The minimum absolute atomic E-state index is 0.111. The summed E-state index contributed by atoms with van der Waals surface area (Å²) >= 11 is 10.8. The molecular formula is C17H16BrClN2OS. The van der Waals surface area contributed by atoms with E-state index in [2.05, 4.69) is 26.5 Å². The highest BCUT2D eigenvalue weighted by molar-refractivity contribution is 9.10. The zero-order valence-corrected chi connectivity index (χ0v) is 15.7. The molecule has 3 nitrogen and oxygen atoms in total. The van der Waals surface area contributed by atoms with Crippen LogP contribution in [-0.2, 0) is 10.5 Å². The van der Waals surface area contributed by atoms with Crippen LogP contribution in [0.15, 0.2) is 58.1 Å². The first-order valence-corrected chi connectivity index (χ1v) is 9.28. The maximum Gasteiger partial charge on any atom is 0.250 e. The summed E-state index contributed by atoms with van der Waals surface area (Å²) in [5, 5.41) is 4.85. The van der Waals surface area contributed by atoms with Crippen molar-refractivity contribution in [1.29, 1.82) is 0 Å². The number of benzene rings is 2. The first kappa shape index (κ1) is 18.0. The second-order valence-corrected chi connectivity index (χ2v) is 7.20. The van der Waals surface area contributed by atoms with Gasteiger partial charge >= 0.3 is 0 Å². The van der Waals surface area contributed by atoms with Crippen molar-refractivity contribution in [3.8, 4) is 0 Å². The monoisotopic (exact) mass is 410 g/mol. The van der Waals surface area contributed by atoms with Crippen molar-refractivity contribution in [2.75, 3.05) is 5.75 Å². The van der Waals surface area contributed by atoms with Gasteiger partial charge in [0, 0.05) is 15.2 Å². The third-order valence-electron chi connectivity index (χ3n) is 3.03. The molecule has 0 bridgehead atoms. The molecule has 2 aromatic carbocycles. The second-order valence-electron chi connectivity index (χ2n) is 4.86. The Morgan fingerprint density at radius 3 is 2.48 bits per heavy atom. The number of amides is 1. The Kier molecular flexibility index (Phi) is 7.15. The molecule has 0 radical (unpaired) electrons. The van der Waals surface area contributed by atoms with Gasteiger partial charge in [-0.05, 0) is 42.3 Å².